The Morgan fingerprint density at radius 3 is 2.38 bits per heavy atom. The van der Waals surface area contributed by atoms with Gasteiger partial charge >= 0.3 is 6.09 Å². The number of nitrogens with two attached hydrogens (primary N) is 1. The van der Waals surface area contributed by atoms with Gasteiger partial charge in [-0.15, -0.1) is 0 Å². The molecule has 2 N–H and O–H groups in total. The minimum atomic E-state index is -0.550. The highest BCUT2D eigenvalue weighted by molar-refractivity contribution is 5.86. The van der Waals surface area contributed by atoms with Gasteiger partial charge < -0.3 is 10.5 Å². The van der Waals surface area contributed by atoms with E-state index in [0.29, 0.717) is 13.0 Å². The highest BCUT2D eigenvalue weighted by Crippen LogP contribution is 2.20. The SMILES string of the molecule is CC(=O)[C@@H]1CC(N)CN1C(=O)OC(C)(C)C. The van der Waals surface area contributed by atoms with E-state index < -0.39 is 17.7 Å². The Kier molecular flexibility index (Phi) is 3.57. The first-order valence-electron chi connectivity index (χ1n) is 5.46. The summed E-state index contributed by atoms with van der Waals surface area (Å²) in [5.74, 6) is -0.0428. The Hall–Kier alpha value is -1.10. The Labute approximate surface area is 95.9 Å². The van der Waals surface area contributed by atoms with Crippen molar-refractivity contribution in [2.75, 3.05) is 6.54 Å². The number of ketones is 1. The fraction of sp³-hybridized carbons (Fsp3) is 0.818. The first-order chi connectivity index (χ1) is 7.20. The van der Waals surface area contributed by atoms with Crippen molar-refractivity contribution in [2.45, 2.75) is 51.8 Å². The lowest BCUT2D eigenvalue weighted by molar-refractivity contribution is -0.121. The monoisotopic (exact) mass is 228 g/mol. The molecule has 2 atom stereocenters. The Bertz CT molecular complexity index is 296. The van der Waals surface area contributed by atoms with Crippen molar-refractivity contribution in [2.24, 2.45) is 5.73 Å². The van der Waals surface area contributed by atoms with Crippen molar-refractivity contribution >= 4 is 11.9 Å². The molecule has 0 aromatic heterocycles. The summed E-state index contributed by atoms with van der Waals surface area (Å²) in [7, 11) is 0. The number of carbonyl (C=O) groups is 2. The number of nitrogens with zero attached hydrogens (tertiary/aromatic N) is 1. The van der Waals surface area contributed by atoms with Crippen molar-refractivity contribution in [3.8, 4) is 0 Å². The molecule has 0 aromatic rings. The number of hydrogen-bond acceptors (Lipinski definition) is 4. The fourth-order valence-corrected chi connectivity index (χ4v) is 1.78. The van der Waals surface area contributed by atoms with Crippen molar-refractivity contribution in [3.05, 3.63) is 0 Å². The Morgan fingerprint density at radius 1 is 1.38 bits per heavy atom. The minimum Gasteiger partial charge on any atom is -0.444 e. The van der Waals surface area contributed by atoms with E-state index in [1.165, 1.54) is 11.8 Å². The third kappa shape index (κ3) is 3.20. The van der Waals surface area contributed by atoms with Crippen molar-refractivity contribution < 1.29 is 14.3 Å². The Balaban J connectivity index is 2.71. The number of hydrogen-bond donors (Lipinski definition) is 1. The normalized spacial score (nSPS) is 25.7. The van der Waals surface area contributed by atoms with Crippen molar-refractivity contribution in [1.82, 2.24) is 4.90 Å². The third-order valence-electron chi connectivity index (χ3n) is 2.43. The summed E-state index contributed by atoms with van der Waals surface area (Å²) < 4.78 is 5.23. The molecule has 92 valence electrons. The first kappa shape index (κ1) is 13.0. The van der Waals surface area contributed by atoms with Gasteiger partial charge in [0.05, 0.1) is 6.04 Å². The molecule has 1 fully saturated rings. The largest absolute Gasteiger partial charge is 0.444 e. The molecule has 1 aliphatic heterocycles. The van der Waals surface area contributed by atoms with E-state index in [2.05, 4.69) is 0 Å². The molecule has 1 rings (SSSR count). The van der Waals surface area contributed by atoms with Crippen LogP contribution in [0.2, 0.25) is 0 Å². The molecule has 1 aliphatic rings. The second-order valence-electron chi connectivity index (χ2n) is 5.25. The quantitative estimate of drug-likeness (QED) is 0.724. The fourth-order valence-electron chi connectivity index (χ4n) is 1.78. The smallest absolute Gasteiger partial charge is 0.410 e. The first-order valence-corrected chi connectivity index (χ1v) is 5.46. The van der Waals surface area contributed by atoms with Gasteiger partial charge in [-0.25, -0.2) is 4.79 Å². The lowest BCUT2D eigenvalue weighted by atomic mass is 10.1. The zero-order chi connectivity index (χ0) is 12.5. The molecule has 5 nitrogen and oxygen atoms in total. The standard InChI is InChI=1S/C11H20N2O3/c1-7(14)9-5-8(12)6-13(9)10(15)16-11(2,3)4/h8-9H,5-6,12H2,1-4H3/t8?,9-/m0/s1. The van der Waals surface area contributed by atoms with Crippen LogP contribution in [0.5, 0.6) is 0 Å². The van der Waals surface area contributed by atoms with Crippen LogP contribution in [0.4, 0.5) is 4.79 Å². The van der Waals surface area contributed by atoms with E-state index in [-0.39, 0.29) is 11.8 Å². The predicted molar refractivity (Wildman–Crippen MR) is 60.0 cm³/mol. The summed E-state index contributed by atoms with van der Waals surface area (Å²) >= 11 is 0. The van der Waals surface area contributed by atoms with Crippen molar-refractivity contribution in [3.63, 3.8) is 0 Å². The molecule has 1 saturated heterocycles. The molecule has 0 spiro atoms. The van der Waals surface area contributed by atoms with E-state index in [1.807, 2.05) is 0 Å². The van der Waals surface area contributed by atoms with E-state index in [9.17, 15) is 9.59 Å². The molecule has 0 bridgehead atoms. The number of ether oxygens (including phenoxy) is 1. The van der Waals surface area contributed by atoms with Gasteiger partial charge in [-0.05, 0) is 34.1 Å². The highest BCUT2D eigenvalue weighted by atomic mass is 16.6. The molecule has 0 aliphatic carbocycles. The van der Waals surface area contributed by atoms with Gasteiger partial charge in [0.1, 0.15) is 5.60 Å². The van der Waals surface area contributed by atoms with Gasteiger partial charge in [-0.3, -0.25) is 9.69 Å². The number of Topliss-reactive ketones (excluding diaryl/α,β-unsaturated/α-hetero) is 1. The molecule has 1 heterocycles. The summed E-state index contributed by atoms with van der Waals surface area (Å²) in [4.78, 5) is 24.6. The van der Waals surface area contributed by atoms with Crippen LogP contribution in [-0.4, -0.2) is 41.0 Å². The van der Waals surface area contributed by atoms with Crippen LogP contribution in [-0.2, 0) is 9.53 Å². The maximum absolute atomic E-state index is 11.8. The molecule has 16 heavy (non-hydrogen) atoms. The summed E-state index contributed by atoms with van der Waals surface area (Å²) in [6, 6.07) is -0.564. The highest BCUT2D eigenvalue weighted by Gasteiger charge is 2.38. The summed E-state index contributed by atoms with van der Waals surface area (Å²) in [6.45, 7) is 7.25. The van der Waals surface area contributed by atoms with Crippen LogP contribution >= 0.6 is 0 Å². The number of carbonyl (C=O) groups excluding carboxylic acids is 2. The average Bonchev–Trinajstić information content (AvgIpc) is 2.44. The lowest BCUT2D eigenvalue weighted by Crippen LogP contribution is -2.43. The zero-order valence-corrected chi connectivity index (χ0v) is 10.3. The van der Waals surface area contributed by atoms with Crippen LogP contribution in [0, 0.1) is 0 Å². The van der Waals surface area contributed by atoms with Gasteiger partial charge in [0, 0.05) is 12.6 Å². The number of amides is 1. The Morgan fingerprint density at radius 2 is 1.94 bits per heavy atom. The number of rotatable bonds is 1. The average molecular weight is 228 g/mol. The topological polar surface area (TPSA) is 72.6 Å². The maximum Gasteiger partial charge on any atom is 0.410 e. The second-order valence-corrected chi connectivity index (χ2v) is 5.25. The molecular formula is C11H20N2O3. The minimum absolute atomic E-state index is 0.0428. The molecule has 1 unspecified atom stereocenters. The summed E-state index contributed by atoms with van der Waals surface area (Å²) in [5, 5.41) is 0. The van der Waals surface area contributed by atoms with Crippen molar-refractivity contribution in [1.29, 1.82) is 0 Å². The van der Waals surface area contributed by atoms with E-state index in [4.69, 9.17) is 10.5 Å². The van der Waals surface area contributed by atoms with Gasteiger partial charge in [-0.2, -0.15) is 0 Å². The summed E-state index contributed by atoms with van der Waals surface area (Å²) in [6.07, 6.45) is 0.0647. The van der Waals surface area contributed by atoms with E-state index in [0.717, 1.165) is 0 Å². The molecule has 0 saturated carbocycles. The van der Waals surface area contributed by atoms with Gasteiger partial charge in [0.25, 0.3) is 0 Å². The van der Waals surface area contributed by atoms with Crippen LogP contribution < -0.4 is 5.73 Å². The summed E-state index contributed by atoms with van der Waals surface area (Å²) in [5.41, 5.74) is 5.20. The third-order valence-corrected chi connectivity index (χ3v) is 2.43. The second kappa shape index (κ2) is 4.41. The predicted octanol–water partition coefficient (Wildman–Crippen LogP) is 0.912. The van der Waals surface area contributed by atoms with Crippen LogP contribution in [0.1, 0.15) is 34.1 Å². The number of likely N-dealkylation sites (tertiary alicyclic amines) is 1. The van der Waals surface area contributed by atoms with Gasteiger partial charge in [-0.1, -0.05) is 0 Å². The molecule has 0 aromatic carbocycles. The molecule has 5 heteroatoms. The zero-order valence-electron chi connectivity index (χ0n) is 10.3. The van der Waals surface area contributed by atoms with E-state index >= 15 is 0 Å². The molecule has 1 amide bonds. The lowest BCUT2D eigenvalue weighted by Gasteiger charge is -2.27. The maximum atomic E-state index is 11.8. The van der Waals surface area contributed by atoms with E-state index in [1.54, 1.807) is 20.8 Å². The molecule has 0 radical (unpaired) electrons. The molecular weight excluding hydrogens is 208 g/mol. The van der Waals surface area contributed by atoms with Crippen LogP contribution in [0.15, 0.2) is 0 Å². The van der Waals surface area contributed by atoms with Crippen LogP contribution in [0.3, 0.4) is 0 Å². The van der Waals surface area contributed by atoms with Crippen LogP contribution in [0.25, 0.3) is 0 Å². The van der Waals surface area contributed by atoms with Gasteiger partial charge in [0.2, 0.25) is 0 Å². The van der Waals surface area contributed by atoms with Gasteiger partial charge in [0.15, 0.2) is 5.78 Å².